The molecule has 0 aliphatic heterocycles. The Morgan fingerprint density at radius 1 is 1.62 bits per heavy atom. The lowest BCUT2D eigenvalue weighted by Gasteiger charge is -2.03. The van der Waals surface area contributed by atoms with Gasteiger partial charge < -0.3 is 4.57 Å². The number of carbonyl (C=O) groups excluding carboxylic acids is 1. The third kappa shape index (κ3) is 2.81. The molecule has 0 spiro atoms. The maximum atomic E-state index is 11.1. The Hall–Kier alpha value is -0.900. The molecule has 0 saturated heterocycles. The highest BCUT2D eigenvalue weighted by Gasteiger charge is 2.00. The average Bonchev–Trinajstić information content (AvgIpc) is 2.61. The van der Waals surface area contributed by atoms with Crippen molar-refractivity contribution in [1.29, 1.82) is 0 Å². The molecule has 0 aromatic carbocycles. The van der Waals surface area contributed by atoms with Crippen molar-refractivity contribution >= 4 is 17.1 Å². The van der Waals surface area contributed by atoms with Crippen molar-refractivity contribution in [2.24, 2.45) is 0 Å². The largest absolute Gasteiger partial charge is 0.344 e. The van der Waals surface area contributed by atoms with Crippen LogP contribution in [0, 0.1) is 0 Å². The fourth-order valence-electron chi connectivity index (χ4n) is 1.08. The highest BCUT2D eigenvalue weighted by molar-refractivity contribution is 7.84. The molecule has 0 radical (unpaired) electrons. The van der Waals surface area contributed by atoms with Crippen LogP contribution in [-0.2, 0) is 17.3 Å². The summed E-state index contributed by atoms with van der Waals surface area (Å²) in [7, 11) is -0.759. The number of aryl methyl sites for hydroxylation is 1. The van der Waals surface area contributed by atoms with E-state index in [-0.39, 0.29) is 0 Å². The van der Waals surface area contributed by atoms with Gasteiger partial charge in [-0.3, -0.25) is 9.00 Å². The molecular weight excluding hydrogens is 186 g/mol. The lowest BCUT2D eigenvalue weighted by Crippen LogP contribution is -2.09. The van der Waals surface area contributed by atoms with Gasteiger partial charge in [-0.15, -0.1) is 0 Å². The van der Waals surface area contributed by atoms with Crippen LogP contribution in [0.2, 0.25) is 0 Å². The van der Waals surface area contributed by atoms with Gasteiger partial charge in [0.05, 0.1) is 5.69 Å². The summed E-state index contributed by atoms with van der Waals surface area (Å²) < 4.78 is 12.9. The monoisotopic (exact) mass is 199 g/mol. The topological polar surface area (TPSA) is 39.1 Å². The molecule has 4 heteroatoms. The van der Waals surface area contributed by atoms with E-state index in [0.717, 1.165) is 6.29 Å². The van der Waals surface area contributed by atoms with Crippen molar-refractivity contribution < 1.29 is 9.00 Å². The maximum Gasteiger partial charge on any atom is 0.166 e. The highest BCUT2D eigenvalue weighted by Crippen LogP contribution is 1.99. The second kappa shape index (κ2) is 4.97. The summed E-state index contributed by atoms with van der Waals surface area (Å²) in [6, 6.07) is 3.57. The highest BCUT2D eigenvalue weighted by atomic mass is 32.2. The van der Waals surface area contributed by atoms with Gasteiger partial charge in [0.1, 0.15) is 0 Å². The molecule has 0 aliphatic rings. The van der Waals surface area contributed by atoms with E-state index in [2.05, 4.69) is 0 Å². The molecule has 0 bridgehead atoms. The van der Waals surface area contributed by atoms with Crippen molar-refractivity contribution in [2.45, 2.75) is 13.5 Å². The Morgan fingerprint density at radius 3 is 3.00 bits per heavy atom. The number of aromatic nitrogens is 1. The van der Waals surface area contributed by atoms with Gasteiger partial charge in [-0.1, -0.05) is 6.92 Å². The summed E-state index contributed by atoms with van der Waals surface area (Å²) >= 11 is 0. The van der Waals surface area contributed by atoms with E-state index in [9.17, 15) is 9.00 Å². The van der Waals surface area contributed by atoms with Gasteiger partial charge in [0, 0.05) is 35.0 Å². The summed E-state index contributed by atoms with van der Waals surface area (Å²) in [5, 5.41) is 0. The minimum atomic E-state index is -0.759. The Morgan fingerprint density at radius 2 is 2.38 bits per heavy atom. The van der Waals surface area contributed by atoms with E-state index in [1.165, 1.54) is 0 Å². The molecule has 13 heavy (non-hydrogen) atoms. The van der Waals surface area contributed by atoms with E-state index in [1.54, 1.807) is 6.07 Å². The number of hydrogen-bond donors (Lipinski definition) is 0. The summed E-state index contributed by atoms with van der Waals surface area (Å²) in [6.45, 7) is 2.55. The maximum absolute atomic E-state index is 11.1. The first-order valence-electron chi connectivity index (χ1n) is 4.23. The van der Waals surface area contributed by atoms with Crippen molar-refractivity contribution in [1.82, 2.24) is 4.57 Å². The molecule has 0 N–H and O–H groups in total. The van der Waals surface area contributed by atoms with Crippen LogP contribution in [0.15, 0.2) is 18.3 Å². The lowest BCUT2D eigenvalue weighted by molar-refractivity contribution is 0.111. The van der Waals surface area contributed by atoms with Crippen molar-refractivity contribution in [3.05, 3.63) is 24.0 Å². The zero-order chi connectivity index (χ0) is 9.68. The Bertz CT molecular complexity index is 306. The molecule has 0 aliphatic carbocycles. The second-order valence-electron chi connectivity index (χ2n) is 2.68. The molecule has 1 aromatic heterocycles. The third-order valence-electron chi connectivity index (χ3n) is 1.87. The summed E-state index contributed by atoms with van der Waals surface area (Å²) in [5.41, 5.74) is 0.646. The number of rotatable bonds is 5. The van der Waals surface area contributed by atoms with Crippen molar-refractivity contribution in [2.75, 3.05) is 11.5 Å². The number of aldehydes is 1. The van der Waals surface area contributed by atoms with E-state index < -0.39 is 10.8 Å². The van der Waals surface area contributed by atoms with Gasteiger partial charge in [-0.25, -0.2) is 0 Å². The van der Waals surface area contributed by atoms with Crippen LogP contribution in [0.4, 0.5) is 0 Å². The van der Waals surface area contributed by atoms with Gasteiger partial charge in [-0.05, 0) is 12.1 Å². The summed E-state index contributed by atoms with van der Waals surface area (Å²) in [6.07, 6.45) is 2.64. The standard InChI is InChI=1S/C9H13NO2S/c1-2-13(12)7-6-10-5-3-4-9(10)8-11/h3-5,8H,2,6-7H2,1H3. The summed E-state index contributed by atoms with van der Waals surface area (Å²) in [5.74, 6) is 1.30. The first kappa shape index (κ1) is 10.2. The SMILES string of the molecule is CCS(=O)CCn1cccc1C=O. The van der Waals surface area contributed by atoms with Crippen LogP contribution in [0.25, 0.3) is 0 Å². The van der Waals surface area contributed by atoms with Crippen molar-refractivity contribution in [3.63, 3.8) is 0 Å². The third-order valence-corrected chi connectivity index (χ3v) is 3.15. The van der Waals surface area contributed by atoms with Crippen LogP contribution >= 0.6 is 0 Å². The molecule has 1 unspecified atom stereocenters. The Labute approximate surface area is 80.2 Å². The first-order valence-corrected chi connectivity index (χ1v) is 5.72. The zero-order valence-electron chi connectivity index (χ0n) is 7.60. The van der Waals surface area contributed by atoms with Crippen LogP contribution in [0.5, 0.6) is 0 Å². The molecule has 1 rings (SSSR count). The van der Waals surface area contributed by atoms with Gasteiger partial charge in [-0.2, -0.15) is 0 Å². The molecule has 72 valence electrons. The lowest BCUT2D eigenvalue weighted by atomic mass is 10.5. The predicted octanol–water partition coefficient (Wildman–Crippen LogP) is 1.07. The molecule has 0 saturated carbocycles. The van der Waals surface area contributed by atoms with E-state index in [0.29, 0.717) is 23.7 Å². The quantitative estimate of drug-likeness (QED) is 0.665. The molecule has 3 nitrogen and oxygen atoms in total. The van der Waals surface area contributed by atoms with E-state index >= 15 is 0 Å². The molecule has 1 aromatic rings. The molecule has 0 amide bonds. The first-order chi connectivity index (χ1) is 6.27. The minimum absolute atomic E-state index is 0.617. The van der Waals surface area contributed by atoms with Gasteiger partial charge in [0.25, 0.3) is 0 Å². The number of nitrogens with zero attached hydrogens (tertiary/aromatic N) is 1. The zero-order valence-corrected chi connectivity index (χ0v) is 8.42. The fourth-order valence-corrected chi connectivity index (χ4v) is 1.77. The number of hydrogen-bond acceptors (Lipinski definition) is 2. The van der Waals surface area contributed by atoms with Crippen LogP contribution in [0.1, 0.15) is 17.4 Å². The minimum Gasteiger partial charge on any atom is -0.344 e. The van der Waals surface area contributed by atoms with Gasteiger partial charge in [0.2, 0.25) is 0 Å². The van der Waals surface area contributed by atoms with Gasteiger partial charge in [0.15, 0.2) is 6.29 Å². The number of carbonyl (C=O) groups is 1. The normalized spacial score (nSPS) is 12.7. The van der Waals surface area contributed by atoms with E-state index in [4.69, 9.17) is 0 Å². The fraction of sp³-hybridized carbons (Fsp3) is 0.444. The Balaban J connectivity index is 2.53. The molecule has 0 fully saturated rings. The van der Waals surface area contributed by atoms with Crippen LogP contribution in [-0.4, -0.2) is 26.6 Å². The molecular formula is C9H13NO2S. The molecule has 1 heterocycles. The van der Waals surface area contributed by atoms with Crippen LogP contribution < -0.4 is 0 Å². The predicted molar refractivity (Wildman–Crippen MR) is 53.4 cm³/mol. The smallest absolute Gasteiger partial charge is 0.166 e. The average molecular weight is 199 g/mol. The van der Waals surface area contributed by atoms with Gasteiger partial charge >= 0.3 is 0 Å². The second-order valence-corrected chi connectivity index (χ2v) is 4.54. The van der Waals surface area contributed by atoms with E-state index in [1.807, 2.05) is 23.8 Å². The van der Waals surface area contributed by atoms with Crippen LogP contribution in [0.3, 0.4) is 0 Å². The molecule has 1 atom stereocenters. The Kier molecular flexibility index (Phi) is 3.89. The summed E-state index contributed by atoms with van der Waals surface area (Å²) in [4.78, 5) is 10.5. The van der Waals surface area contributed by atoms with Crippen molar-refractivity contribution in [3.8, 4) is 0 Å².